The van der Waals surface area contributed by atoms with Crippen LogP contribution in [0.2, 0.25) is 0 Å². The first-order chi connectivity index (χ1) is 7.93. The molecule has 0 radical (unpaired) electrons. The number of benzene rings is 2. The van der Waals surface area contributed by atoms with Gasteiger partial charge in [0.15, 0.2) is 0 Å². The number of phenolic OH excluding ortho intramolecular Hbond substituents is 1. The molecule has 0 fully saturated rings. The Kier molecular flexibility index (Phi) is 2.71. The van der Waals surface area contributed by atoms with Gasteiger partial charge in [-0.1, -0.05) is 12.1 Å². The van der Waals surface area contributed by atoms with E-state index in [9.17, 15) is 18.3 Å². The summed E-state index contributed by atoms with van der Waals surface area (Å²) in [5.41, 5.74) is 5.16. The molecule has 0 atom stereocenters. The first-order valence-corrected chi connectivity index (χ1v) is 4.95. The Balaban J connectivity index is 2.81. The van der Waals surface area contributed by atoms with Crippen LogP contribution in [-0.2, 0) is 12.7 Å². The van der Waals surface area contributed by atoms with Crippen LogP contribution in [-0.4, -0.2) is 5.11 Å². The van der Waals surface area contributed by atoms with Crippen LogP contribution in [0, 0.1) is 0 Å². The molecule has 0 unspecified atom stereocenters. The topological polar surface area (TPSA) is 46.2 Å². The van der Waals surface area contributed by atoms with Gasteiger partial charge in [-0.05, 0) is 29.1 Å². The van der Waals surface area contributed by atoms with Crippen molar-refractivity contribution in [2.24, 2.45) is 5.73 Å². The van der Waals surface area contributed by atoms with Crippen molar-refractivity contribution in [3.8, 4) is 5.75 Å². The summed E-state index contributed by atoms with van der Waals surface area (Å²) in [7, 11) is 0. The minimum Gasteiger partial charge on any atom is -0.507 e. The minimum absolute atomic E-state index is 0.166. The van der Waals surface area contributed by atoms with E-state index in [1.165, 1.54) is 18.2 Å². The quantitative estimate of drug-likeness (QED) is 0.806. The average Bonchev–Trinajstić information content (AvgIpc) is 2.26. The minimum atomic E-state index is -4.48. The van der Waals surface area contributed by atoms with E-state index in [0.717, 1.165) is 6.07 Å². The van der Waals surface area contributed by atoms with E-state index in [1.54, 1.807) is 6.07 Å². The number of rotatable bonds is 1. The molecule has 0 aliphatic rings. The Morgan fingerprint density at radius 3 is 2.47 bits per heavy atom. The van der Waals surface area contributed by atoms with Gasteiger partial charge in [0.25, 0.3) is 0 Å². The van der Waals surface area contributed by atoms with Crippen LogP contribution in [0.5, 0.6) is 5.75 Å². The van der Waals surface area contributed by atoms with Gasteiger partial charge < -0.3 is 10.8 Å². The van der Waals surface area contributed by atoms with Crippen molar-refractivity contribution in [1.82, 2.24) is 0 Å². The molecule has 90 valence electrons. The fraction of sp³-hybridized carbons (Fsp3) is 0.167. The Hall–Kier alpha value is -1.75. The zero-order valence-electron chi connectivity index (χ0n) is 8.75. The molecule has 3 N–H and O–H groups in total. The number of alkyl halides is 3. The molecule has 0 saturated carbocycles. The van der Waals surface area contributed by atoms with Crippen LogP contribution >= 0.6 is 0 Å². The number of aromatic hydroxyl groups is 1. The summed E-state index contributed by atoms with van der Waals surface area (Å²) in [6.07, 6.45) is -4.48. The lowest BCUT2D eigenvalue weighted by atomic mass is 10.0. The highest BCUT2D eigenvalue weighted by atomic mass is 19.4. The van der Waals surface area contributed by atoms with Crippen molar-refractivity contribution in [2.45, 2.75) is 12.7 Å². The lowest BCUT2D eigenvalue weighted by molar-refractivity contribution is -0.136. The number of hydrogen-bond donors (Lipinski definition) is 2. The van der Waals surface area contributed by atoms with E-state index in [-0.39, 0.29) is 11.9 Å². The van der Waals surface area contributed by atoms with Crippen LogP contribution in [0.3, 0.4) is 0 Å². The highest BCUT2D eigenvalue weighted by molar-refractivity contribution is 5.92. The molecule has 0 spiro atoms. The fourth-order valence-electron chi connectivity index (χ4n) is 1.82. The van der Waals surface area contributed by atoms with E-state index < -0.39 is 17.5 Å². The summed E-state index contributed by atoms with van der Waals surface area (Å²) in [6, 6.07) is 6.58. The predicted molar refractivity (Wildman–Crippen MR) is 58.5 cm³/mol. The maximum absolute atomic E-state index is 12.7. The van der Waals surface area contributed by atoms with Gasteiger partial charge in [-0.3, -0.25) is 0 Å². The SMILES string of the molecule is NCc1cc(O)c2c(C(F)(F)F)cccc2c1. The first-order valence-electron chi connectivity index (χ1n) is 4.95. The van der Waals surface area contributed by atoms with E-state index >= 15 is 0 Å². The molecule has 2 aromatic rings. The van der Waals surface area contributed by atoms with E-state index in [1.807, 2.05) is 0 Å². The second kappa shape index (κ2) is 3.92. The van der Waals surface area contributed by atoms with Gasteiger partial charge in [-0.15, -0.1) is 0 Å². The molecule has 17 heavy (non-hydrogen) atoms. The predicted octanol–water partition coefficient (Wildman–Crippen LogP) is 3.02. The number of fused-ring (bicyclic) bond motifs is 1. The van der Waals surface area contributed by atoms with E-state index in [0.29, 0.717) is 10.9 Å². The highest BCUT2D eigenvalue weighted by Gasteiger charge is 2.33. The maximum Gasteiger partial charge on any atom is 0.417 e. The average molecular weight is 241 g/mol. The second-order valence-corrected chi connectivity index (χ2v) is 3.72. The summed E-state index contributed by atoms with van der Waals surface area (Å²) < 4.78 is 38.2. The fourth-order valence-corrected chi connectivity index (χ4v) is 1.82. The van der Waals surface area contributed by atoms with E-state index in [4.69, 9.17) is 5.73 Å². The van der Waals surface area contributed by atoms with Crippen molar-refractivity contribution >= 4 is 10.8 Å². The number of nitrogens with two attached hydrogens (primary N) is 1. The zero-order chi connectivity index (χ0) is 12.6. The van der Waals surface area contributed by atoms with Gasteiger partial charge in [0.2, 0.25) is 0 Å². The van der Waals surface area contributed by atoms with Gasteiger partial charge >= 0.3 is 6.18 Å². The van der Waals surface area contributed by atoms with Crippen molar-refractivity contribution in [3.05, 3.63) is 41.5 Å². The smallest absolute Gasteiger partial charge is 0.417 e. The van der Waals surface area contributed by atoms with E-state index in [2.05, 4.69) is 0 Å². The van der Waals surface area contributed by atoms with Gasteiger partial charge in [0.1, 0.15) is 5.75 Å². The molecule has 0 aliphatic heterocycles. The van der Waals surface area contributed by atoms with Crippen molar-refractivity contribution < 1.29 is 18.3 Å². The third-order valence-corrected chi connectivity index (χ3v) is 2.56. The lowest BCUT2D eigenvalue weighted by Gasteiger charge is -2.12. The molecular formula is C12H10F3NO. The molecular weight excluding hydrogens is 231 g/mol. The van der Waals surface area contributed by atoms with Crippen LogP contribution in [0.25, 0.3) is 10.8 Å². The third-order valence-electron chi connectivity index (χ3n) is 2.56. The van der Waals surface area contributed by atoms with Crippen LogP contribution in [0.15, 0.2) is 30.3 Å². The molecule has 0 aliphatic carbocycles. The molecule has 2 aromatic carbocycles. The Morgan fingerprint density at radius 1 is 1.18 bits per heavy atom. The number of halogens is 3. The maximum atomic E-state index is 12.7. The molecule has 2 rings (SSSR count). The van der Waals surface area contributed by atoms with Gasteiger partial charge in [-0.2, -0.15) is 13.2 Å². The second-order valence-electron chi connectivity index (χ2n) is 3.72. The largest absolute Gasteiger partial charge is 0.507 e. The third kappa shape index (κ3) is 2.06. The molecule has 0 saturated heterocycles. The molecule has 0 heterocycles. The van der Waals surface area contributed by atoms with Gasteiger partial charge in [0, 0.05) is 11.9 Å². The van der Waals surface area contributed by atoms with Gasteiger partial charge in [-0.25, -0.2) is 0 Å². The van der Waals surface area contributed by atoms with Crippen LogP contribution in [0.4, 0.5) is 13.2 Å². The van der Waals surface area contributed by atoms with Crippen molar-refractivity contribution in [1.29, 1.82) is 0 Å². The lowest BCUT2D eigenvalue weighted by Crippen LogP contribution is -2.06. The molecule has 0 bridgehead atoms. The molecule has 2 nitrogen and oxygen atoms in total. The summed E-state index contributed by atoms with van der Waals surface area (Å²) >= 11 is 0. The number of hydrogen-bond acceptors (Lipinski definition) is 2. The molecule has 0 aromatic heterocycles. The Morgan fingerprint density at radius 2 is 1.88 bits per heavy atom. The van der Waals surface area contributed by atoms with Crippen LogP contribution < -0.4 is 5.73 Å². The van der Waals surface area contributed by atoms with Crippen molar-refractivity contribution in [2.75, 3.05) is 0 Å². The van der Waals surface area contributed by atoms with Crippen LogP contribution in [0.1, 0.15) is 11.1 Å². The van der Waals surface area contributed by atoms with Gasteiger partial charge in [0.05, 0.1) is 5.56 Å². The monoisotopic (exact) mass is 241 g/mol. The zero-order valence-corrected chi connectivity index (χ0v) is 8.75. The summed E-state index contributed by atoms with van der Waals surface area (Å²) in [5.74, 6) is -0.393. The first kappa shape index (κ1) is 11.7. The summed E-state index contributed by atoms with van der Waals surface area (Å²) in [5, 5.41) is 9.82. The number of phenols is 1. The normalized spacial score (nSPS) is 12.0. The van der Waals surface area contributed by atoms with Crippen molar-refractivity contribution in [3.63, 3.8) is 0 Å². The standard InChI is InChI=1S/C12H10F3NO/c13-12(14,15)9-3-1-2-8-4-7(6-16)5-10(17)11(8)9/h1-5,17H,6,16H2. The summed E-state index contributed by atoms with van der Waals surface area (Å²) in [6.45, 7) is 0.166. The summed E-state index contributed by atoms with van der Waals surface area (Å²) in [4.78, 5) is 0. The highest BCUT2D eigenvalue weighted by Crippen LogP contribution is 2.39. The Bertz CT molecular complexity index is 563. The molecule has 0 amide bonds. The Labute approximate surface area is 95.5 Å². The molecule has 5 heteroatoms.